The summed E-state index contributed by atoms with van der Waals surface area (Å²) in [7, 11) is -0.591. The summed E-state index contributed by atoms with van der Waals surface area (Å²) < 4.78 is 45.5. The van der Waals surface area contributed by atoms with Crippen LogP contribution in [0, 0.1) is 0 Å². The molecule has 38 heavy (non-hydrogen) atoms. The van der Waals surface area contributed by atoms with Gasteiger partial charge in [-0.05, 0) is 36.4 Å². The van der Waals surface area contributed by atoms with E-state index in [9.17, 15) is 4.57 Å². The first-order chi connectivity index (χ1) is 18.0. The van der Waals surface area contributed by atoms with Gasteiger partial charge in [-0.3, -0.25) is 0 Å². The molecule has 0 saturated carbocycles. The predicted octanol–water partition coefficient (Wildman–Crippen LogP) is 5.02. The molecule has 0 aliphatic carbocycles. The molecule has 13 nitrogen and oxygen atoms in total. The van der Waals surface area contributed by atoms with Crippen LogP contribution in [0.15, 0.2) is 54.6 Å². The summed E-state index contributed by atoms with van der Waals surface area (Å²) in [6.07, 6.45) is 0. The Labute approximate surface area is 233 Å². The lowest BCUT2D eigenvalue weighted by Gasteiger charge is -2.29. The van der Waals surface area contributed by atoms with Crippen LogP contribution in [0.2, 0.25) is 15.1 Å². The van der Waals surface area contributed by atoms with Crippen molar-refractivity contribution in [2.45, 2.75) is 0 Å². The molecule has 0 aromatic heterocycles. The van der Waals surface area contributed by atoms with Crippen molar-refractivity contribution >= 4 is 59.7 Å². The third kappa shape index (κ3) is 7.24. The number of hydrogen-bond donors (Lipinski definition) is 3. The van der Waals surface area contributed by atoms with Crippen molar-refractivity contribution in [3.05, 3.63) is 69.7 Å². The van der Waals surface area contributed by atoms with Crippen molar-refractivity contribution in [1.29, 1.82) is 0 Å². The summed E-state index contributed by atoms with van der Waals surface area (Å²) in [5.74, 6) is 18.8. The zero-order valence-electron chi connectivity index (χ0n) is 20.2. The van der Waals surface area contributed by atoms with Gasteiger partial charge in [0.1, 0.15) is 17.2 Å². The summed E-state index contributed by atoms with van der Waals surface area (Å²) in [6, 6.07) is 13.1. The second-order valence-corrected chi connectivity index (χ2v) is 9.73. The lowest BCUT2D eigenvalue weighted by atomic mass is 10.3. The lowest BCUT2D eigenvalue weighted by molar-refractivity contribution is 0.0859. The number of nitrogens with zero attached hydrogens (tertiary/aromatic N) is 3. The fourth-order valence-corrected chi connectivity index (χ4v) is 4.47. The number of phosphoric acid groups is 1. The van der Waals surface area contributed by atoms with E-state index in [-0.39, 0.29) is 34.3 Å². The first-order valence-corrected chi connectivity index (χ1v) is 12.9. The molecule has 0 spiro atoms. The van der Waals surface area contributed by atoms with E-state index in [1.165, 1.54) is 75.9 Å². The molecular formula is C21H24Cl3N6O7P. The summed E-state index contributed by atoms with van der Waals surface area (Å²) >= 11 is 18.2. The van der Waals surface area contributed by atoms with Crippen LogP contribution >= 0.6 is 42.6 Å². The zero-order valence-corrected chi connectivity index (χ0v) is 23.4. The normalized spacial score (nSPS) is 11.2. The molecule has 0 atom stereocenters. The van der Waals surface area contributed by atoms with Crippen molar-refractivity contribution < 1.29 is 32.6 Å². The Balaban J connectivity index is 1.93. The third-order valence-electron chi connectivity index (χ3n) is 4.73. The van der Waals surface area contributed by atoms with Crippen molar-refractivity contribution in [3.63, 3.8) is 0 Å². The summed E-state index contributed by atoms with van der Waals surface area (Å²) in [5, 5.41) is 2.71. The highest BCUT2D eigenvalue weighted by Gasteiger charge is 2.37. The van der Waals surface area contributed by atoms with Gasteiger partial charge >= 0.3 is 7.82 Å². The van der Waals surface area contributed by atoms with Crippen molar-refractivity contribution in [2.75, 3.05) is 36.8 Å². The monoisotopic (exact) mass is 608 g/mol. The molecular weight excluding hydrogens is 586 g/mol. The van der Waals surface area contributed by atoms with E-state index < -0.39 is 7.82 Å². The minimum absolute atomic E-state index is 0.159. The number of anilines is 3. The van der Waals surface area contributed by atoms with E-state index in [1.54, 1.807) is 0 Å². The van der Waals surface area contributed by atoms with E-state index in [2.05, 4.69) is 0 Å². The smallest absolute Gasteiger partial charge is 0.495 e. The number of hydrazine groups is 3. The molecule has 206 valence electrons. The number of hydrogen-bond acceptors (Lipinski definition) is 13. The number of ether oxygens (including phenoxy) is 3. The van der Waals surface area contributed by atoms with Gasteiger partial charge in [0.05, 0.1) is 53.5 Å². The predicted molar refractivity (Wildman–Crippen MR) is 145 cm³/mol. The minimum Gasteiger partial charge on any atom is -0.495 e. The molecule has 0 unspecified atom stereocenters. The Kier molecular flexibility index (Phi) is 10.2. The fourth-order valence-electron chi connectivity index (χ4n) is 2.87. The SMILES string of the molecule is COc1cc(N(N)OP(=O)(ON(N)c2ccc(Cl)c(OC)c2)ON(N)c2ccc(Cl)c(OC)c2)ccc1Cl. The first kappa shape index (κ1) is 29.9. The van der Waals surface area contributed by atoms with Gasteiger partial charge in [-0.25, -0.2) is 22.1 Å². The summed E-state index contributed by atoms with van der Waals surface area (Å²) in [5.41, 5.74) is 0.478. The maximum absolute atomic E-state index is 13.8. The van der Waals surface area contributed by atoms with E-state index >= 15 is 0 Å². The van der Waals surface area contributed by atoms with E-state index in [0.717, 1.165) is 0 Å². The van der Waals surface area contributed by atoms with Crippen LogP contribution in [-0.4, -0.2) is 21.3 Å². The number of methoxy groups -OCH3 is 3. The van der Waals surface area contributed by atoms with E-state index in [4.69, 9.17) is 80.4 Å². The van der Waals surface area contributed by atoms with Gasteiger partial charge < -0.3 is 14.2 Å². The van der Waals surface area contributed by atoms with Crippen LogP contribution in [0.5, 0.6) is 17.2 Å². The number of halogens is 3. The molecule has 0 amide bonds. The van der Waals surface area contributed by atoms with Crippen molar-refractivity contribution in [3.8, 4) is 17.2 Å². The summed E-state index contributed by atoms with van der Waals surface area (Å²) in [4.78, 5) is 0. The Bertz CT molecular complexity index is 1170. The van der Waals surface area contributed by atoms with Crippen LogP contribution in [0.3, 0.4) is 0 Å². The van der Waals surface area contributed by atoms with E-state index in [1.807, 2.05) is 0 Å². The molecule has 0 bridgehead atoms. The van der Waals surface area contributed by atoms with Gasteiger partial charge in [-0.1, -0.05) is 34.8 Å². The Hall–Kier alpha value is -2.68. The molecule has 3 rings (SSSR count). The molecule has 0 aliphatic heterocycles. The van der Waals surface area contributed by atoms with E-state index in [0.29, 0.717) is 30.6 Å². The number of benzene rings is 3. The second-order valence-electron chi connectivity index (χ2n) is 7.13. The van der Waals surface area contributed by atoms with Gasteiger partial charge in [-0.2, -0.15) is 15.5 Å². The number of nitrogens with two attached hydrogens (primary N) is 3. The maximum Gasteiger partial charge on any atom is 0.543 e. The highest BCUT2D eigenvalue weighted by molar-refractivity contribution is 7.48. The quantitative estimate of drug-likeness (QED) is 0.143. The van der Waals surface area contributed by atoms with Gasteiger partial charge in [0.2, 0.25) is 0 Å². The standard InChI is InChI=1S/C21H24Cl3N6O7P/c1-32-19-10-13(4-7-16(19)22)28(25)35-38(31,36-29(26)14-5-8-17(23)20(11-14)33-2)37-30(27)15-6-9-18(24)21(12-15)34-3/h4-12H,25-27H2,1-3H3. The van der Waals surface area contributed by atoms with Crippen LogP contribution in [0.4, 0.5) is 17.1 Å². The van der Waals surface area contributed by atoms with Crippen LogP contribution in [0.1, 0.15) is 0 Å². The molecule has 3 aromatic carbocycles. The van der Waals surface area contributed by atoms with Crippen LogP contribution in [0.25, 0.3) is 0 Å². The fraction of sp³-hybridized carbons (Fsp3) is 0.143. The van der Waals surface area contributed by atoms with Crippen LogP contribution in [-0.2, 0) is 18.4 Å². The van der Waals surface area contributed by atoms with Crippen molar-refractivity contribution in [2.24, 2.45) is 17.5 Å². The summed E-state index contributed by atoms with van der Waals surface area (Å²) in [6.45, 7) is 0. The Morgan fingerprint density at radius 2 is 0.842 bits per heavy atom. The van der Waals surface area contributed by atoms with Gasteiger partial charge in [0.25, 0.3) is 0 Å². The molecule has 6 N–H and O–H groups in total. The van der Waals surface area contributed by atoms with Gasteiger partial charge in [-0.15, -0.1) is 13.9 Å². The molecule has 0 radical (unpaired) electrons. The molecule has 0 saturated heterocycles. The third-order valence-corrected chi connectivity index (χ3v) is 6.80. The molecule has 17 heteroatoms. The molecule has 0 aliphatic rings. The van der Waals surface area contributed by atoms with Crippen molar-refractivity contribution in [1.82, 2.24) is 0 Å². The average molecular weight is 610 g/mol. The largest absolute Gasteiger partial charge is 0.543 e. The molecule has 3 aromatic rings. The van der Waals surface area contributed by atoms with Gasteiger partial charge in [0, 0.05) is 18.2 Å². The zero-order chi connectivity index (χ0) is 28.0. The Morgan fingerprint density at radius 3 is 1.08 bits per heavy atom. The average Bonchev–Trinajstić information content (AvgIpc) is 2.88. The molecule has 0 fully saturated rings. The highest BCUT2D eigenvalue weighted by Crippen LogP contribution is 2.52. The van der Waals surface area contributed by atoms with Gasteiger partial charge in [0.15, 0.2) is 0 Å². The Morgan fingerprint density at radius 1 is 0.579 bits per heavy atom. The van der Waals surface area contributed by atoms with Crippen LogP contribution < -0.4 is 47.3 Å². The minimum atomic E-state index is -4.81. The number of rotatable bonds is 12. The maximum atomic E-state index is 13.8. The highest BCUT2D eigenvalue weighted by atomic mass is 35.5. The first-order valence-electron chi connectivity index (χ1n) is 10.3. The molecule has 0 heterocycles. The lowest BCUT2D eigenvalue weighted by Crippen LogP contribution is -2.38. The second kappa shape index (κ2) is 12.9. The topological polar surface area (TPSA) is 160 Å².